The summed E-state index contributed by atoms with van der Waals surface area (Å²) in [6.45, 7) is 0.809. The van der Waals surface area contributed by atoms with Gasteiger partial charge in [-0.3, -0.25) is 14.4 Å². The Kier molecular flexibility index (Phi) is 9.16. The van der Waals surface area contributed by atoms with Gasteiger partial charge < -0.3 is 24.8 Å². The number of carboxylic acids is 1. The molecule has 1 fully saturated rings. The molecule has 1 saturated heterocycles. The normalized spacial score (nSPS) is 15.3. The summed E-state index contributed by atoms with van der Waals surface area (Å²) < 4.78 is 11.0. The third kappa shape index (κ3) is 6.97. The van der Waals surface area contributed by atoms with Gasteiger partial charge >= 0.3 is 18.0 Å². The Balaban J connectivity index is 1.23. The second kappa shape index (κ2) is 13.3. The van der Waals surface area contributed by atoms with Crippen LogP contribution in [0.3, 0.4) is 0 Å². The fraction of sp³-hybridized carbons (Fsp3) is 0.333. The summed E-state index contributed by atoms with van der Waals surface area (Å²) in [6, 6.07) is 24.0. The number of carbonyl (C=O) groups excluding carboxylic acids is 3. The van der Waals surface area contributed by atoms with Crippen molar-refractivity contribution in [1.82, 2.24) is 10.2 Å². The minimum atomic E-state index is -1.18. The molecule has 1 heterocycles. The van der Waals surface area contributed by atoms with Gasteiger partial charge in [0.05, 0.1) is 6.42 Å². The Hall–Kier alpha value is -4.66. The van der Waals surface area contributed by atoms with Gasteiger partial charge in [-0.25, -0.2) is 4.79 Å². The highest BCUT2D eigenvalue weighted by Crippen LogP contribution is 2.44. The van der Waals surface area contributed by atoms with Crippen LogP contribution in [-0.2, 0) is 30.5 Å². The van der Waals surface area contributed by atoms with Crippen molar-refractivity contribution in [3.8, 4) is 11.1 Å². The lowest BCUT2D eigenvalue weighted by molar-refractivity contribution is -0.149. The third-order valence-corrected chi connectivity index (χ3v) is 7.94. The number of aliphatic carboxylic acids is 1. The topological polar surface area (TPSA) is 122 Å². The molecule has 3 aromatic rings. The van der Waals surface area contributed by atoms with Crippen LogP contribution in [0.5, 0.6) is 0 Å². The number of carboxylic acid groups (broad SMARTS) is 1. The van der Waals surface area contributed by atoms with Crippen molar-refractivity contribution < 1.29 is 33.8 Å². The number of carbonyl (C=O) groups is 4. The van der Waals surface area contributed by atoms with E-state index in [-0.39, 0.29) is 37.9 Å². The predicted octanol–water partition coefficient (Wildman–Crippen LogP) is 4.74. The maximum Gasteiger partial charge on any atom is 0.407 e. The fourth-order valence-corrected chi connectivity index (χ4v) is 5.77. The third-order valence-electron chi connectivity index (χ3n) is 7.94. The molecule has 1 aliphatic heterocycles. The first-order chi connectivity index (χ1) is 20.4. The molecule has 0 bridgehead atoms. The summed E-state index contributed by atoms with van der Waals surface area (Å²) in [4.78, 5) is 52.0. The standard InChI is InChI=1S/C33H34N2O7/c36-30(37)18-22-14-16-35(17-15-22)32(39)29(19-31(38)41-20-23-8-2-1-3-9-23)34-33(40)42-21-28-26-12-6-4-10-24(26)25-11-5-7-13-27(25)28/h1-13,22,28-29H,14-21H2,(H,34,40)(H,36,37)/t29-/m0/s1. The minimum Gasteiger partial charge on any atom is -0.481 e. The van der Waals surface area contributed by atoms with Crippen LogP contribution in [0.4, 0.5) is 4.79 Å². The number of fused-ring (bicyclic) bond motifs is 3. The van der Waals surface area contributed by atoms with Gasteiger partial charge in [0.1, 0.15) is 19.3 Å². The highest BCUT2D eigenvalue weighted by molar-refractivity contribution is 5.90. The van der Waals surface area contributed by atoms with Crippen molar-refractivity contribution in [2.45, 2.75) is 44.2 Å². The van der Waals surface area contributed by atoms with Crippen molar-refractivity contribution in [3.63, 3.8) is 0 Å². The number of rotatable bonds is 10. The van der Waals surface area contributed by atoms with Gasteiger partial charge in [-0.15, -0.1) is 0 Å². The number of amides is 2. The van der Waals surface area contributed by atoms with E-state index in [9.17, 15) is 19.2 Å². The number of likely N-dealkylation sites (tertiary alicyclic amines) is 1. The summed E-state index contributed by atoms with van der Waals surface area (Å²) in [6.07, 6.45) is -0.0329. The molecule has 42 heavy (non-hydrogen) atoms. The van der Waals surface area contributed by atoms with E-state index in [4.69, 9.17) is 14.6 Å². The Morgan fingerprint density at radius 3 is 2.05 bits per heavy atom. The summed E-state index contributed by atoms with van der Waals surface area (Å²) in [5.74, 6) is -2.08. The Morgan fingerprint density at radius 1 is 0.833 bits per heavy atom. The van der Waals surface area contributed by atoms with Crippen molar-refractivity contribution >= 4 is 23.9 Å². The Morgan fingerprint density at radius 2 is 1.43 bits per heavy atom. The molecule has 1 atom stereocenters. The molecule has 5 rings (SSSR count). The largest absolute Gasteiger partial charge is 0.481 e. The number of alkyl carbamates (subject to hydrolysis) is 1. The van der Waals surface area contributed by atoms with Gasteiger partial charge in [0, 0.05) is 25.4 Å². The van der Waals surface area contributed by atoms with Gasteiger partial charge in [-0.2, -0.15) is 0 Å². The lowest BCUT2D eigenvalue weighted by Crippen LogP contribution is -2.52. The Bertz CT molecular complexity index is 1390. The summed E-state index contributed by atoms with van der Waals surface area (Å²) in [7, 11) is 0. The lowest BCUT2D eigenvalue weighted by Gasteiger charge is -2.33. The molecule has 9 nitrogen and oxygen atoms in total. The van der Waals surface area contributed by atoms with E-state index in [2.05, 4.69) is 5.32 Å². The maximum absolute atomic E-state index is 13.5. The molecule has 2 N–H and O–H groups in total. The monoisotopic (exact) mass is 570 g/mol. The molecular formula is C33H34N2O7. The number of hydrogen-bond acceptors (Lipinski definition) is 6. The average molecular weight is 571 g/mol. The molecule has 0 aromatic heterocycles. The van der Waals surface area contributed by atoms with E-state index < -0.39 is 30.0 Å². The molecule has 218 valence electrons. The lowest BCUT2D eigenvalue weighted by atomic mass is 9.93. The van der Waals surface area contributed by atoms with Gasteiger partial charge in [0.15, 0.2) is 0 Å². The van der Waals surface area contributed by atoms with Gasteiger partial charge in [-0.1, -0.05) is 78.9 Å². The number of piperidine rings is 1. The van der Waals surface area contributed by atoms with E-state index in [1.54, 1.807) is 4.90 Å². The molecule has 0 saturated carbocycles. The maximum atomic E-state index is 13.5. The number of esters is 1. The number of nitrogens with zero attached hydrogens (tertiary/aromatic N) is 1. The average Bonchev–Trinajstić information content (AvgIpc) is 3.32. The van der Waals surface area contributed by atoms with E-state index in [0.717, 1.165) is 27.8 Å². The number of hydrogen-bond donors (Lipinski definition) is 2. The number of nitrogens with one attached hydrogen (secondary N) is 1. The smallest absolute Gasteiger partial charge is 0.407 e. The fourth-order valence-electron chi connectivity index (χ4n) is 5.77. The highest BCUT2D eigenvalue weighted by atomic mass is 16.5. The van der Waals surface area contributed by atoms with Crippen LogP contribution in [0.1, 0.15) is 48.3 Å². The molecule has 0 unspecified atom stereocenters. The molecule has 0 spiro atoms. The van der Waals surface area contributed by atoms with E-state index in [0.29, 0.717) is 25.9 Å². The molecule has 1 aliphatic carbocycles. The van der Waals surface area contributed by atoms with Gasteiger partial charge in [0.2, 0.25) is 5.91 Å². The first-order valence-corrected chi connectivity index (χ1v) is 14.2. The SMILES string of the molecule is O=C(O)CC1CCN(C(=O)[C@H](CC(=O)OCc2ccccc2)NC(=O)OCC2c3ccccc3-c3ccccc32)CC1. The number of benzene rings is 3. The number of ether oxygens (including phenoxy) is 2. The summed E-state index contributed by atoms with van der Waals surface area (Å²) in [5, 5.41) is 11.7. The molecule has 3 aromatic carbocycles. The first kappa shape index (κ1) is 28.9. The van der Waals surface area contributed by atoms with Crippen LogP contribution in [-0.4, -0.2) is 59.7 Å². The van der Waals surface area contributed by atoms with Crippen LogP contribution in [0.25, 0.3) is 11.1 Å². The zero-order valence-corrected chi connectivity index (χ0v) is 23.2. The second-order valence-electron chi connectivity index (χ2n) is 10.7. The van der Waals surface area contributed by atoms with E-state index >= 15 is 0 Å². The first-order valence-electron chi connectivity index (χ1n) is 14.2. The van der Waals surface area contributed by atoms with Crippen LogP contribution >= 0.6 is 0 Å². The van der Waals surface area contributed by atoms with Gasteiger partial charge in [-0.05, 0) is 46.6 Å². The molecule has 2 aliphatic rings. The molecule has 2 amide bonds. The second-order valence-corrected chi connectivity index (χ2v) is 10.7. The van der Waals surface area contributed by atoms with Crippen LogP contribution in [0.2, 0.25) is 0 Å². The zero-order valence-electron chi connectivity index (χ0n) is 23.2. The minimum absolute atomic E-state index is 0.0177. The summed E-state index contributed by atoms with van der Waals surface area (Å²) in [5.41, 5.74) is 5.13. The van der Waals surface area contributed by atoms with Crippen LogP contribution in [0, 0.1) is 5.92 Å². The summed E-state index contributed by atoms with van der Waals surface area (Å²) >= 11 is 0. The van der Waals surface area contributed by atoms with E-state index in [1.165, 1.54) is 0 Å². The molecular weight excluding hydrogens is 536 g/mol. The van der Waals surface area contributed by atoms with Crippen molar-refractivity contribution in [1.29, 1.82) is 0 Å². The van der Waals surface area contributed by atoms with Gasteiger partial charge in [0.25, 0.3) is 0 Å². The van der Waals surface area contributed by atoms with Crippen LogP contribution < -0.4 is 5.32 Å². The van der Waals surface area contributed by atoms with E-state index in [1.807, 2.05) is 78.9 Å². The quantitative estimate of drug-likeness (QED) is 0.338. The van der Waals surface area contributed by atoms with Crippen molar-refractivity contribution in [3.05, 3.63) is 95.6 Å². The van der Waals surface area contributed by atoms with Crippen LogP contribution in [0.15, 0.2) is 78.9 Å². The highest BCUT2D eigenvalue weighted by Gasteiger charge is 2.33. The van der Waals surface area contributed by atoms with Crippen molar-refractivity contribution in [2.75, 3.05) is 19.7 Å². The molecule has 0 radical (unpaired) electrons. The zero-order chi connectivity index (χ0) is 29.5. The Labute approximate surface area is 244 Å². The predicted molar refractivity (Wildman–Crippen MR) is 154 cm³/mol. The van der Waals surface area contributed by atoms with Crippen molar-refractivity contribution in [2.24, 2.45) is 5.92 Å². The molecule has 9 heteroatoms.